The van der Waals surface area contributed by atoms with Gasteiger partial charge in [-0.05, 0) is 24.8 Å². The molecular formula is C10H11N3. The molecule has 2 heterocycles. The number of nitrogens with two attached hydrogens (primary N) is 1. The van der Waals surface area contributed by atoms with E-state index < -0.39 is 0 Å². The summed E-state index contributed by atoms with van der Waals surface area (Å²) in [5.41, 5.74) is 9.00. The first kappa shape index (κ1) is 6.95. The monoisotopic (exact) mass is 173 g/mol. The fourth-order valence-electron chi connectivity index (χ4n) is 1.78. The van der Waals surface area contributed by atoms with Crippen LogP contribution in [0, 0.1) is 0 Å². The van der Waals surface area contributed by atoms with Crippen molar-refractivity contribution in [2.75, 3.05) is 5.73 Å². The molecule has 1 fully saturated rings. The minimum Gasteiger partial charge on any atom is -0.398 e. The van der Waals surface area contributed by atoms with Gasteiger partial charge in [-0.3, -0.25) is 0 Å². The molecule has 2 aromatic heterocycles. The smallest absolute Gasteiger partial charge is 0.140 e. The topological polar surface area (TPSA) is 43.3 Å². The molecule has 0 unspecified atom stereocenters. The molecule has 13 heavy (non-hydrogen) atoms. The Morgan fingerprint density at radius 2 is 2.31 bits per heavy atom. The molecule has 2 aromatic rings. The van der Waals surface area contributed by atoms with Crippen molar-refractivity contribution in [3.05, 3.63) is 30.2 Å². The van der Waals surface area contributed by atoms with E-state index in [9.17, 15) is 0 Å². The predicted molar refractivity (Wildman–Crippen MR) is 51.6 cm³/mol. The summed E-state index contributed by atoms with van der Waals surface area (Å²) in [5.74, 6) is 0.702. The van der Waals surface area contributed by atoms with E-state index in [1.165, 1.54) is 18.4 Å². The normalized spacial score (nSPS) is 16.6. The Morgan fingerprint density at radius 1 is 1.46 bits per heavy atom. The summed E-state index contributed by atoms with van der Waals surface area (Å²) in [4.78, 5) is 4.33. The lowest BCUT2D eigenvalue weighted by molar-refractivity contribution is 1.08. The van der Waals surface area contributed by atoms with Gasteiger partial charge >= 0.3 is 0 Å². The number of nitrogen functional groups attached to an aromatic ring is 1. The second kappa shape index (κ2) is 2.25. The van der Waals surface area contributed by atoms with Crippen LogP contribution in [-0.4, -0.2) is 9.38 Å². The van der Waals surface area contributed by atoms with Gasteiger partial charge < -0.3 is 10.1 Å². The fraction of sp³-hybridized carbons (Fsp3) is 0.300. The van der Waals surface area contributed by atoms with Crippen LogP contribution < -0.4 is 5.73 Å². The SMILES string of the molecule is Nc1cc(C2CC2)c2nccn2c1. The molecule has 3 rings (SSSR count). The van der Waals surface area contributed by atoms with Gasteiger partial charge in [-0.25, -0.2) is 4.98 Å². The molecule has 0 aromatic carbocycles. The second-order valence-electron chi connectivity index (χ2n) is 3.66. The number of nitrogens with zero attached hydrogens (tertiary/aromatic N) is 2. The Bertz CT molecular complexity index is 454. The van der Waals surface area contributed by atoms with Gasteiger partial charge in [0.1, 0.15) is 5.65 Å². The van der Waals surface area contributed by atoms with Crippen molar-refractivity contribution in [2.24, 2.45) is 0 Å². The third kappa shape index (κ3) is 1.00. The summed E-state index contributed by atoms with van der Waals surface area (Å²) in [5, 5.41) is 0. The van der Waals surface area contributed by atoms with E-state index in [-0.39, 0.29) is 0 Å². The summed E-state index contributed by atoms with van der Waals surface area (Å²) >= 11 is 0. The van der Waals surface area contributed by atoms with Crippen LogP contribution in [0.5, 0.6) is 0 Å². The molecule has 1 aliphatic carbocycles. The number of fused-ring (bicyclic) bond motifs is 1. The van der Waals surface area contributed by atoms with Crippen LogP contribution in [0.15, 0.2) is 24.7 Å². The van der Waals surface area contributed by atoms with E-state index in [4.69, 9.17) is 5.73 Å². The highest BCUT2D eigenvalue weighted by atomic mass is 15.0. The maximum atomic E-state index is 5.80. The lowest BCUT2D eigenvalue weighted by atomic mass is 10.1. The standard InChI is InChI=1S/C10H11N3/c11-8-5-9(7-1-2-7)10-12-3-4-13(10)6-8/h3-7H,1-2,11H2. The average molecular weight is 173 g/mol. The summed E-state index contributed by atoms with van der Waals surface area (Å²) < 4.78 is 2.00. The summed E-state index contributed by atoms with van der Waals surface area (Å²) in [6, 6.07) is 2.06. The number of pyridine rings is 1. The van der Waals surface area contributed by atoms with E-state index in [1.807, 2.05) is 23.0 Å². The van der Waals surface area contributed by atoms with Crippen LogP contribution in [0.3, 0.4) is 0 Å². The van der Waals surface area contributed by atoms with Crippen LogP contribution in [0.1, 0.15) is 24.3 Å². The molecule has 0 amide bonds. The van der Waals surface area contributed by atoms with E-state index in [2.05, 4.69) is 11.1 Å². The maximum Gasteiger partial charge on any atom is 0.140 e. The lowest BCUT2D eigenvalue weighted by Crippen LogP contribution is -1.94. The van der Waals surface area contributed by atoms with Crippen LogP contribution in [0.25, 0.3) is 5.65 Å². The zero-order chi connectivity index (χ0) is 8.84. The number of hydrogen-bond acceptors (Lipinski definition) is 2. The molecule has 1 saturated carbocycles. The van der Waals surface area contributed by atoms with Crippen LogP contribution in [0.4, 0.5) is 5.69 Å². The molecular weight excluding hydrogens is 162 g/mol. The number of rotatable bonds is 1. The molecule has 0 atom stereocenters. The number of imidazole rings is 1. The van der Waals surface area contributed by atoms with Gasteiger partial charge in [-0.2, -0.15) is 0 Å². The van der Waals surface area contributed by atoms with Crippen LogP contribution in [-0.2, 0) is 0 Å². The first-order valence-electron chi connectivity index (χ1n) is 4.57. The molecule has 0 saturated heterocycles. The van der Waals surface area contributed by atoms with Gasteiger partial charge in [0.2, 0.25) is 0 Å². The van der Waals surface area contributed by atoms with Crippen LogP contribution >= 0.6 is 0 Å². The highest BCUT2D eigenvalue weighted by Gasteiger charge is 2.26. The number of anilines is 1. The van der Waals surface area contributed by atoms with Gasteiger partial charge in [0.25, 0.3) is 0 Å². The quantitative estimate of drug-likeness (QED) is 0.714. The van der Waals surface area contributed by atoms with Crippen molar-refractivity contribution in [1.29, 1.82) is 0 Å². The molecule has 0 radical (unpaired) electrons. The van der Waals surface area contributed by atoms with Crippen molar-refractivity contribution in [3.8, 4) is 0 Å². The molecule has 3 nitrogen and oxygen atoms in total. The largest absolute Gasteiger partial charge is 0.398 e. The first-order chi connectivity index (χ1) is 6.34. The maximum absolute atomic E-state index is 5.80. The minimum absolute atomic E-state index is 0.702. The molecule has 1 aliphatic rings. The number of aromatic nitrogens is 2. The summed E-state index contributed by atoms with van der Waals surface area (Å²) in [6.45, 7) is 0. The van der Waals surface area contributed by atoms with E-state index in [0.29, 0.717) is 5.92 Å². The average Bonchev–Trinajstić information content (AvgIpc) is 2.84. The van der Waals surface area contributed by atoms with Crippen molar-refractivity contribution < 1.29 is 0 Å². The fourth-order valence-corrected chi connectivity index (χ4v) is 1.78. The highest BCUT2D eigenvalue weighted by molar-refractivity contribution is 5.57. The first-order valence-corrected chi connectivity index (χ1v) is 4.57. The van der Waals surface area contributed by atoms with E-state index in [0.717, 1.165) is 11.3 Å². The van der Waals surface area contributed by atoms with Gasteiger partial charge in [0, 0.05) is 29.8 Å². The van der Waals surface area contributed by atoms with E-state index >= 15 is 0 Å². The van der Waals surface area contributed by atoms with Gasteiger partial charge in [0.05, 0.1) is 0 Å². The third-order valence-electron chi connectivity index (χ3n) is 2.55. The Hall–Kier alpha value is -1.51. The molecule has 0 aliphatic heterocycles. The Kier molecular flexibility index (Phi) is 1.20. The predicted octanol–water partition coefficient (Wildman–Crippen LogP) is 1.79. The van der Waals surface area contributed by atoms with Crippen LogP contribution in [0.2, 0.25) is 0 Å². The zero-order valence-corrected chi connectivity index (χ0v) is 7.27. The molecule has 3 heteroatoms. The Balaban J connectivity index is 2.33. The third-order valence-corrected chi connectivity index (χ3v) is 2.55. The molecule has 0 bridgehead atoms. The van der Waals surface area contributed by atoms with E-state index in [1.54, 1.807) is 0 Å². The van der Waals surface area contributed by atoms with Crippen molar-refractivity contribution >= 4 is 11.3 Å². The summed E-state index contributed by atoms with van der Waals surface area (Å²) in [6.07, 6.45) is 8.24. The number of hydrogen-bond donors (Lipinski definition) is 1. The summed E-state index contributed by atoms with van der Waals surface area (Å²) in [7, 11) is 0. The van der Waals surface area contributed by atoms with Crippen molar-refractivity contribution in [3.63, 3.8) is 0 Å². The molecule has 66 valence electrons. The van der Waals surface area contributed by atoms with Crippen molar-refractivity contribution in [2.45, 2.75) is 18.8 Å². The second-order valence-corrected chi connectivity index (χ2v) is 3.66. The zero-order valence-electron chi connectivity index (χ0n) is 7.27. The lowest BCUT2D eigenvalue weighted by Gasteiger charge is -2.03. The van der Waals surface area contributed by atoms with Gasteiger partial charge in [0.15, 0.2) is 0 Å². The van der Waals surface area contributed by atoms with Gasteiger partial charge in [-0.15, -0.1) is 0 Å². The Morgan fingerprint density at radius 3 is 3.08 bits per heavy atom. The molecule has 0 spiro atoms. The Labute approximate surface area is 76.2 Å². The van der Waals surface area contributed by atoms with Crippen molar-refractivity contribution in [1.82, 2.24) is 9.38 Å². The minimum atomic E-state index is 0.702. The van der Waals surface area contributed by atoms with Gasteiger partial charge in [-0.1, -0.05) is 0 Å². The molecule has 2 N–H and O–H groups in total. The highest BCUT2D eigenvalue weighted by Crippen LogP contribution is 2.42.